The van der Waals surface area contributed by atoms with Crippen LogP contribution in [-0.4, -0.2) is 10.1 Å². The molecule has 17 heavy (non-hydrogen) atoms. The van der Waals surface area contributed by atoms with Crippen LogP contribution in [0.3, 0.4) is 0 Å². The van der Waals surface area contributed by atoms with E-state index in [-0.39, 0.29) is 0 Å². The minimum Gasteiger partial charge on any atom is -0.382 e. The molecular weight excluding hydrogens is 280 g/mol. The zero-order valence-electron chi connectivity index (χ0n) is 8.84. The van der Waals surface area contributed by atoms with Gasteiger partial charge < -0.3 is 5.11 Å². The molecule has 0 fully saturated rings. The predicted octanol–water partition coefficient (Wildman–Crippen LogP) is 2.80. The summed E-state index contributed by atoms with van der Waals surface area (Å²) < 4.78 is 0.672. The van der Waals surface area contributed by atoms with Gasteiger partial charge in [0.25, 0.3) is 0 Å². The van der Waals surface area contributed by atoms with E-state index < -0.39 is 6.10 Å². The van der Waals surface area contributed by atoms with Crippen molar-refractivity contribution < 1.29 is 5.11 Å². The lowest BCUT2D eigenvalue weighted by Crippen LogP contribution is -2.02. The summed E-state index contributed by atoms with van der Waals surface area (Å²) in [5, 5.41) is 18.9. The van der Waals surface area contributed by atoms with Gasteiger partial charge in [0.05, 0.1) is 17.3 Å². The zero-order chi connectivity index (χ0) is 12.3. The molecule has 0 aliphatic carbocycles. The summed E-state index contributed by atoms with van der Waals surface area (Å²) in [4.78, 5) is 4.19. The standard InChI is InChI=1S/C13H9BrN2O/c14-12-6-2-5-11(16-12)13(17)10-4-1-3-9(7-10)8-15/h1-7,13,17H. The molecule has 1 N–H and O–H groups in total. The van der Waals surface area contributed by atoms with Crippen LogP contribution in [-0.2, 0) is 0 Å². The molecular formula is C13H9BrN2O. The Balaban J connectivity index is 2.37. The highest BCUT2D eigenvalue weighted by atomic mass is 79.9. The summed E-state index contributed by atoms with van der Waals surface area (Å²) in [6.07, 6.45) is -0.819. The van der Waals surface area contributed by atoms with Gasteiger partial charge in [0.15, 0.2) is 0 Å². The van der Waals surface area contributed by atoms with Crippen LogP contribution in [0.5, 0.6) is 0 Å². The molecule has 0 radical (unpaired) electrons. The maximum Gasteiger partial charge on any atom is 0.121 e. The van der Waals surface area contributed by atoms with Crippen LogP contribution in [0, 0.1) is 11.3 Å². The first kappa shape index (κ1) is 11.8. The smallest absolute Gasteiger partial charge is 0.121 e. The number of aliphatic hydroxyl groups excluding tert-OH is 1. The van der Waals surface area contributed by atoms with E-state index in [0.717, 1.165) is 0 Å². The molecule has 2 rings (SSSR count). The van der Waals surface area contributed by atoms with Crippen molar-refractivity contribution in [2.24, 2.45) is 0 Å². The number of benzene rings is 1. The van der Waals surface area contributed by atoms with Crippen LogP contribution in [0.25, 0.3) is 0 Å². The lowest BCUT2D eigenvalue weighted by Gasteiger charge is -2.10. The van der Waals surface area contributed by atoms with Gasteiger partial charge in [-0.05, 0) is 45.8 Å². The maximum absolute atomic E-state index is 10.1. The van der Waals surface area contributed by atoms with E-state index in [1.54, 1.807) is 36.4 Å². The molecule has 1 aromatic heterocycles. The Morgan fingerprint density at radius 1 is 1.24 bits per heavy atom. The van der Waals surface area contributed by atoms with Crippen LogP contribution in [0.15, 0.2) is 47.1 Å². The molecule has 0 aliphatic rings. The Bertz CT molecular complexity index is 578. The van der Waals surface area contributed by atoms with E-state index in [2.05, 4.69) is 20.9 Å². The van der Waals surface area contributed by atoms with Crippen molar-refractivity contribution in [3.05, 3.63) is 63.9 Å². The fraction of sp³-hybridized carbons (Fsp3) is 0.0769. The minimum atomic E-state index is -0.819. The fourth-order valence-electron chi connectivity index (χ4n) is 1.53. The van der Waals surface area contributed by atoms with Gasteiger partial charge in [0.1, 0.15) is 10.7 Å². The SMILES string of the molecule is N#Cc1cccc(C(O)c2cccc(Br)n2)c1. The molecule has 0 amide bonds. The van der Waals surface area contributed by atoms with Gasteiger partial charge in [-0.1, -0.05) is 18.2 Å². The lowest BCUT2D eigenvalue weighted by molar-refractivity contribution is 0.215. The number of hydrogen-bond acceptors (Lipinski definition) is 3. The molecule has 0 bridgehead atoms. The second kappa shape index (κ2) is 5.09. The molecule has 0 spiro atoms. The molecule has 84 valence electrons. The van der Waals surface area contributed by atoms with Gasteiger partial charge in [-0.2, -0.15) is 5.26 Å². The number of aliphatic hydroxyl groups is 1. The zero-order valence-corrected chi connectivity index (χ0v) is 10.4. The van der Waals surface area contributed by atoms with E-state index in [1.165, 1.54) is 0 Å². The van der Waals surface area contributed by atoms with Gasteiger partial charge in [0, 0.05) is 0 Å². The highest BCUT2D eigenvalue weighted by Gasteiger charge is 2.12. The minimum absolute atomic E-state index is 0.525. The van der Waals surface area contributed by atoms with Crippen LogP contribution >= 0.6 is 15.9 Å². The van der Waals surface area contributed by atoms with Gasteiger partial charge in [0.2, 0.25) is 0 Å². The number of rotatable bonds is 2. The largest absolute Gasteiger partial charge is 0.382 e. The van der Waals surface area contributed by atoms with Crippen LogP contribution < -0.4 is 0 Å². The second-order valence-electron chi connectivity index (χ2n) is 3.52. The first-order chi connectivity index (χ1) is 8.20. The van der Waals surface area contributed by atoms with Gasteiger partial charge in [-0.25, -0.2) is 4.98 Å². The third-order valence-corrected chi connectivity index (χ3v) is 2.79. The Labute approximate surface area is 107 Å². The van der Waals surface area contributed by atoms with Crippen molar-refractivity contribution in [2.75, 3.05) is 0 Å². The lowest BCUT2D eigenvalue weighted by atomic mass is 10.0. The van der Waals surface area contributed by atoms with E-state index >= 15 is 0 Å². The molecule has 1 atom stereocenters. The molecule has 0 saturated carbocycles. The van der Waals surface area contributed by atoms with E-state index in [4.69, 9.17) is 5.26 Å². The first-order valence-electron chi connectivity index (χ1n) is 5.01. The summed E-state index contributed by atoms with van der Waals surface area (Å²) in [7, 11) is 0. The summed E-state index contributed by atoms with van der Waals surface area (Å²) in [6.45, 7) is 0. The quantitative estimate of drug-likeness (QED) is 0.865. The normalized spacial score (nSPS) is 11.8. The van der Waals surface area contributed by atoms with Gasteiger partial charge in [-0.15, -0.1) is 0 Å². The summed E-state index contributed by atoms with van der Waals surface area (Å²) in [5.41, 5.74) is 1.74. The summed E-state index contributed by atoms with van der Waals surface area (Å²) in [5.74, 6) is 0. The second-order valence-corrected chi connectivity index (χ2v) is 4.34. The number of nitriles is 1. The highest BCUT2D eigenvalue weighted by Crippen LogP contribution is 2.22. The average molecular weight is 289 g/mol. The third-order valence-electron chi connectivity index (χ3n) is 2.35. The molecule has 0 saturated heterocycles. The fourth-order valence-corrected chi connectivity index (χ4v) is 1.88. The van der Waals surface area contributed by atoms with Gasteiger partial charge >= 0.3 is 0 Å². The molecule has 2 aromatic rings. The third kappa shape index (κ3) is 2.70. The number of aromatic nitrogens is 1. The van der Waals surface area contributed by atoms with Crippen molar-refractivity contribution in [1.82, 2.24) is 4.98 Å². The Morgan fingerprint density at radius 2 is 2.00 bits per heavy atom. The molecule has 4 heteroatoms. The summed E-state index contributed by atoms with van der Waals surface area (Å²) in [6, 6.07) is 14.3. The van der Waals surface area contributed by atoms with Gasteiger partial charge in [-0.3, -0.25) is 0 Å². The van der Waals surface area contributed by atoms with Crippen LogP contribution in [0.4, 0.5) is 0 Å². The maximum atomic E-state index is 10.1. The number of pyridine rings is 1. The molecule has 1 aromatic carbocycles. The Morgan fingerprint density at radius 3 is 2.71 bits per heavy atom. The van der Waals surface area contributed by atoms with E-state index in [1.807, 2.05) is 12.1 Å². The molecule has 3 nitrogen and oxygen atoms in total. The first-order valence-corrected chi connectivity index (χ1v) is 5.80. The number of hydrogen-bond donors (Lipinski definition) is 1. The Hall–Kier alpha value is -1.70. The number of nitrogens with zero attached hydrogens (tertiary/aromatic N) is 2. The van der Waals surface area contributed by atoms with Crippen molar-refractivity contribution in [3.8, 4) is 6.07 Å². The van der Waals surface area contributed by atoms with Crippen LogP contribution in [0.1, 0.15) is 22.9 Å². The van der Waals surface area contributed by atoms with E-state index in [0.29, 0.717) is 21.4 Å². The van der Waals surface area contributed by atoms with Crippen molar-refractivity contribution >= 4 is 15.9 Å². The van der Waals surface area contributed by atoms with Crippen molar-refractivity contribution in [3.63, 3.8) is 0 Å². The number of halogens is 1. The van der Waals surface area contributed by atoms with E-state index in [9.17, 15) is 5.11 Å². The highest BCUT2D eigenvalue weighted by molar-refractivity contribution is 9.10. The molecule has 0 aliphatic heterocycles. The monoisotopic (exact) mass is 288 g/mol. The summed E-state index contributed by atoms with van der Waals surface area (Å²) >= 11 is 3.26. The Kier molecular flexibility index (Phi) is 3.52. The predicted molar refractivity (Wildman–Crippen MR) is 67.2 cm³/mol. The van der Waals surface area contributed by atoms with Crippen LogP contribution in [0.2, 0.25) is 0 Å². The topological polar surface area (TPSA) is 56.9 Å². The van der Waals surface area contributed by atoms with Crippen molar-refractivity contribution in [1.29, 1.82) is 5.26 Å². The van der Waals surface area contributed by atoms with Crippen molar-refractivity contribution in [2.45, 2.75) is 6.10 Å². The average Bonchev–Trinajstić information content (AvgIpc) is 2.38. The molecule has 1 unspecified atom stereocenters. The molecule has 1 heterocycles.